The predicted octanol–water partition coefficient (Wildman–Crippen LogP) is 3.42. The molecule has 0 saturated heterocycles. The van der Waals surface area contributed by atoms with Crippen LogP contribution in [0.5, 0.6) is 0 Å². The summed E-state index contributed by atoms with van der Waals surface area (Å²) in [6, 6.07) is 14.8. The van der Waals surface area contributed by atoms with Gasteiger partial charge in [-0.2, -0.15) is 15.1 Å². The average molecular weight is 380 g/mol. The van der Waals surface area contributed by atoms with Crippen LogP contribution in [0.15, 0.2) is 54.9 Å². The summed E-state index contributed by atoms with van der Waals surface area (Å²) in [5.41, 5.74) is 7.17. The van der Waals surface area contributed by atoms with Crippen LogP contribution in [-0.4, -0.2) is 32.3 Å². The van der Waals surface area contributed by atoms with Gasteiger partial charge in [0.2, 0.25) is 5.95 Å². The average Bonchev–Trinajstić information content (AvgIpc) is 3.21. The molecular formula is C21H29N7. The molecule has 0 aliphatic heterocycles. The molecule has 0 saturated carbocycles. The first-order chi connectivity index (χ1) is 13.5. The van der Waals surface area contributed by atoms with Gasteiger partial charge in [-0.05, 0) is 30.9 Å². The lowest BCUT2D eigenvalue weighted by molar-refractivity contribution is 0.396. The maximum Gasteiger partial charge on any atom is 0.224 e. The smallest absolute Gasteiger partial charge is 0.224 e. The lowest BCUT2D eigenvalue weighted by Gasteiger charge is -2.26. The molecule has 0 amide bonds. The first kappa shape index (κ1) is 19.8. The van der Waals surface area contributed by atoms with E-state index in [4.69, 9.17) is 5.73 Å². The molecule has 2 heterocycles. The molecule has 148 valence electrons. The molecule has 4 N–H and O–H groups in total. The molecule has 0 spiro atoms. The molecule has 2 unspecified atom stereocenters. The van der Waals surface area contributed by atoms with Crippen molar-refractivity contribution in [3.8, 4) is 5.82 Å². The van der Waals surface area contributed by atoms with E-state index < -0.39 is 0 Å². The van der Waals surface area contributed by atoms with Gasteiger partial charge < -0.3 is 16.4 Å². The Hall–Kier alpha value is -2.93. The summed E-state index contributed by atoms with van der Waals surface area (Å²) in [5, 5.41) is 11.4. The van der Waals surface area contributed by atoms with E-state index >= 15 is 0 Å². The maximum absolute atomic E-state index is 5.89. The Balaban J connectivity index is 1.68. The Morgan fingerprint density at radius 2 is 1.86 bits per heavy atom. The van der Waals surface area contributed by atoms with Gasteiger partial charge in [0, 0.05) is 37.1 Å². The highest BCUT2D eigenvalue weighted by Crippen LogP contribution is 2.16. The van der Waals surface area contributed by atoms with Gasteiger partial charge in [0.25, 0.3) is 0 Å². The minimum absolute atomic E-state index is 0.224. The van der Waals surface area contributed by atoms with Crippen molar-refractivity contribution in [3.63, 3.8) is 0 Å². The third kappa shape index (κ3) is 5.53. The molecule has 3 rings (SSSR count). The zero-order valence-electron chi connectivity index (χ0n) is 16.7. The Kier molecular flexibility index (Phi) is 6.60. The van der Waals surface area contributed by atoms with Crippen LogP contribution in [0, 0.1) is 5.92 Å². The highest BCUT2D eigenvalue weighted by atomic mass is 15.3. The lowest BCUT2D eigenvalue weighted by atomic mass is 10.0. The second kappa shape index (κ2) is 9.32. The van der Waals surface area contributed by atoms with Crippen molar-refractivity contribution in [1.29, 1.82) is 0 Å². The van der Waals surface area contributed by atoms with Crippen LogP contribution in [0.25, 0.3) is 5.82 Å². The summed E-state index contributed by atoms with van der Waals surface area (Å²) >= 11 is 0. The number of aromatic nitrogens is 4. The monoisotopic (exact) mass is 379 g/mol. The maximum atomic E-state index is 5.89. The highest BCUT2D eigenvalue weighted by Gasteiger charge is 2.15. The van der Waals surface area contributed by atoms with Crippen LogP contribution in [-0.2, 0) is 0 Å². The number of hydrogen-bond acceptors (Lipinski definition) is 6. The van der Waals surface area contributed by atoms with E-state index in [0.717, 1.165) is 13.0 Å². The van der Waals surface area contributed by atoms with E-state index in [1.165, 1.54) is 5.56 Å². The minimum atomic E-state index is 0.224. The second-order valence-corrected chi connectivity index (χ2v) is 7.43. The highest BCUT2D eigenvalue weighted by molar-refractivity contribution is 5.45. The zero-order chi connectivity index (χ0) is 19.9. The second-order valence-electron chi connectivity index (χ2n) is 7.43. The molecule has 2 atom stereocenters. The van der Waals surface area contributed by atoms with Gasteiger partial charge in [-0.25, -0.2) is 4.68 Å². The van der Waals surface area contributed by atoms with Gasteiger partial charge in [0.1, 0.15) is 5.82 Å². The van der Waals surface area contributed by atoms with Gasteiger partial charge in [-0.3, -0.25) is 0 Å². The summed E-state index contributed by atoms with van der Waals surface area (Å²) in [5.74, 6) is 2.14. The van der Waals surface area contributed by atoms with Crippen molar-refractivity contribution >= 4 is 11.8 Å². The molecule has 1 aromatic carbocycles. The van der Waals surface area contributed by atoms with Crippen molar-refractivity contribution in [2.75, 3.05) is 17.6 Å². The molecule has 7 nitrogen and oxygen atoms in total. The fourth-order valence-electron chi connectivity index (χ4n) is 3.26. The molecule has 7 heteroatoms. The number of hydrogen-bond donors (Lipinski definition) is 3. The Labute approximate surface area is 166 Å². The predicted molar refractivity (Wildman–Crippen MR) is 113 cm³/mol. The standard InChI is InChI=1S/C21H29N7/c1-15(2)12-18(25-16(3)17-8-5-4-6-9-17)14-23-19-13-20(27-21(22)26-19)28-11-7-10-24-28/h4-11,13,15-16,18,25H,12,14H2,1-3H3,(H3,22,23,26,27). The van der Waals surface area contributed by atoms with Gasteiger partial charge in [0.15, 0.2) is 5.82 Å². The number of nitrogens with two attached hydrogens (primary N) is 1. The summed E-state index contributed by atoms with van der Waals surface area (Å²) in [6.07, 6.45) is 4.59. The molecule has 0 radical (unpaired) electrons. The quantitative estimate of drug-likeness (QED) is 0.527. The molecule has 0 fully saturated rings. The number of nitrogen functional groups attached to an aromatic ring is 1. The number of nitrogens with one attached hydrogen (secondary N) is 2. The molecule has 3 aromatic rings. The van der Waals surface area contributed by atoms with Crippen LogP contribution < -0.4 is 16.4 Å². The van der Waals surface area contributed by atoms with Crippen molar-refractivity contribution in [2.45, 2.75) is 39.3 Å². The van der Waals surface area contributed by atoms with Gasteiger partial charge in [0.05, 0.1) is 0 Å². The van der Waals surface area contributed by atoms with Crippen molar-refractivity contribution in [1.82, 2.24) is 25.1 Å². The Bertz CT molecular complexity index is 846. The van der Waals surface area contributed by atoms with Gasteiger partial charge >= 0.3 is 0 Å². The van der Waals surface area contributed by atoms with Gasteiger partial charge in [-0.1, -0.05) is 44.2 Å². The van der Waals surface area contributed by atoms with Crippen LogP contribution in [0.3, 0.4) is 0 Å². The Morgan fingerprint density at radius 3 is 2.54 bits per heavy atom. The Morgan fingerprint density at radius 1 is 1.07 bits per heavy atom. The number of anilines is 2. The zero-order valence-corrected chi connectivity index (χ0v) is 16.7. The van der Waals surface area contributed by atoms with Crippen LogP contribution in [0.4, 0.5) is 11.8 Å². The first-order valence-corrected chi connectivity index (χ1v) is 9.70. The molecule has 0 aliphatic rings. The number of rotatable bonds is 9. The third-order valence-corrected chi connectivity index (χ3v) is 4.54. The van der Waals surface area contributed by atoms with Gasteiger partial charge in [-0.15, -0.1) is 0 Å². The van der Waals surface area contributed by atoms with E-state index in [0.29, 0.717) is 23.6 Å². The molecule has 28 heavy (non-hydrogen) atoms. The van der Waals surface area contributed by atoms with Crippen molar-refractivity contribution in [3.05, 3.63) is 60.4 Å². The molecular weight excluding hydrogens is 350 g/mol. The van der Waals surface area contributed by atoms with E-state index in [1.54, 1.807) is 10.9 Å². The lowest BCUT2D eigenvalue weighted by Crippen LogP contribution is -2.38. The molecule has 0 aliphatic carbocycles. The minimum Gasteiger partial charge on any atom is -0.368 e. The number of nitrogens with zero attached hydrogens (tertiary/aromatic N) is 4. The van der Waals surface area contributed by atoms with E-state index in [-0.39, 0.29) is 12.0 Å². The van der Waals surface area contributed by atoms with Crippen LogP contribution in [0.2, 0.25) is 0 Å². The molecule has 2 aromatic heterocycles. The first-order valence-electron chi connectivity index (χ1n) is 9.70. The molecule has 0 bridgehead atoms. The van der Waals surface area contributed by atoms with Crippen molar-refractivity contribution < 1.29 is 0 Å². The van der Waals surface area contributed by atoms with Crippen LogP contribution >= 0.6 is 0 Å². The number of benzene rings is 1. The normalized spacial score (nSPS) is 13.4. The largest absolute Gasteiger partial charge is 0.368 e. The fraction of sp³-hybridized carbons (Fsp3) is 0.381. The van der Waals surface area contributed by atoms with E-state index in [1.807, 2.05) is 24.4 Å². The summed E-state index contributed by atoms with van der Waals surface area (Å²) < 4.78 is 1.67. The third-order valence-electron chi connectivity index (χ3n) is 4.54. The van der Waals surface area contributed by atoms with Crippen molar-refractivity contribution in [2.24, 2.45) is 5.92 Å². The summed E-state index contributed by atoms with van der Waals surface area (Å²) in [7, 11) is 0. The van der Waals surface area contributed by atoms with E-state index in [9.17, 15) is 0 Å². The summed E-state index contributed by atoms with van der Waals surface area (Å²) in [6.45, 7) is 7.41. The fourth-order valence-corrected chi connectivity index (χ4v) is 3.26. The van der Waals surface area contributed by atoms with Crippen LogP contribution in [0.1, 0.15) is 38.8 Å². The SMILES string of the molecule is CC(C)CC(CNc1cc(-n2cccn2)nc(N)n1)NC(C)c1ccccc1. The summed E-state index contributed by atoms with van der Waals surface area (Å²) in [4.78, 5) is 8.57. The topological polar surface area (TPSA) is 93.7 Å². The van der Waals surface area contributed by atoms with E-state index in [2.05, 4.69) is 70.7 Å².